The topological polar surface area (TPSA) is 81.2 Å². The van der Waals surface area contributed by atoms with Gasteiger partial charge in [-0.25, -0.2) is 8.42 Å². The highest BCUT2D eigenvalue weighted by atomic mass is 35.5. The number of hydrogen-bond donors (Lipinski definition) is 1. The number of aromatic nitrogens is 2. The van der Waals surface area contributed by atoms with Gasteiger partial charge < -0.3 is 5.73 Å². The van der Waals surface area contributed by atoms with Crippen molar-refractivity contribution in [3.05, 3.63) is 41.0 Å². The zero-order valence-electron chi connectivity index (χ0n) is 11.1. The zero-order chi connectivity index (χ0) is 14.9. The second-order valence-electron chi connectivity index (χ2n) is 4.44. The van der Waals surface area contributed by atoms with E-state index in [9.17, 15) is 8.42 Å². The Morgan fingerprint density at radius 2 is 2.15 bits per heavy atom. The number of aryl methyl sites for hydroxylation is 1. The molecule has 2 rings (SSSR count). The Morgan fingerprint density at radius 1 is 1.45 bits per heavy atom. The third-order valence-corrected chi connectivity index (χ3v) is 4.86. The summed E-state index contributed by atoms with van der Waals surface area (Å²) in [5.41, 5.74) is 6.42. The maximum Gasteiger partial charge on any atom is 0.248 e. The highest BCUT2D eigenvalue weighted by Crippen LogP contribution is 2.22. The van der Waals surface area contributed by atoms with Crippen LogP contribution in [0.1, 0.15) is 5.56 Å². The molecule has 0 radical (unpaired) electrons. The Hall–Kier alpha value is -1.57. The van der Waals surface area contributed by atoms with E-state index < -0.39 is 10.0 Å². The van der Waals surface area contributed by atoms with Crippen LogP contribution < -0.4 is 5.73 Å². The number of nitrogens with two attached hydrogens (primary N) is 1. The lowest BCUT2D eigenvalue weighted by Crippen LogP contribution is -2.26. The molecule has 20 heavy (non-hydrogen) atoms. The molecule has 0 unspecified atom stereocenters. The first kappa shape index (κ1) is 14.8. The molecule has 0 bridgehead atoms. The third kappa shape index (κ3) is 2.95. The molecular weight excluding hydrogens is 300 g/mol. The first-order valence-corrected chi connectivity index (χ1v) is 7.62. The molecule has 108 valence electrons. The Bertz CT molecular complexity index is 727. The van der Waals surface area contributed by atoms with Crippen LogP contribution in [0.2, 0.25) is 5.02 Å². The summed E-state index contributed by atoms with van der Waals surface area (Å²) in [5.74, 6) is -0.00885. The summed E-state index contributed by atoms with van der Waals surface area (Å²) in [6, 6.07) is 7.04. The molecule has 0 saturated carbocycles. The summed E-state index contributed by atoms with van der Waals surface area (Å²) in [6.07, 6.45) is 1.39. The smallest absolute Gasteiger partial charge is 0.248 e. The predicted molar refractivity (Wildman–Crippen MR) is 77.7 cm³/mol. The SMILES string of the molecule is CN(Cc1cccc(Cl)c1)S(=O)(=O)c1cn(C)nc1N. The normalized spacial score (nSPS) is 12.0. The number of sulfonamides is 1. The van der Waals surface area contributed by atoms with Crippen molar-refractivity contribution in [1.82, 2.24) is 14.1 Å². The van der Waals surface area contributed by atoms with E-state index in [0.717, 1.165) is 5.56 Å². The fourth-order valence-electron chi connectivity index (χ4n) is 1.83. The molecule has 0 spiro atoms. The van der Waals surface area contributed by atoms with Gasteiger partial charge in [0, 0.05) is 31.9 Å². The third-order valence-electron chi connectivity index (χ3n) is 2.80. The average molecular weight is 315 g/mol. The van der Waals surface area contributed by atoms with Gasteiger partial charge in [-0.2, -0.15) is 9.40 Å². The van der Waals surface area contributed by atoms with Crippen molar-refractivity contribution in [2.45, 2.75) is 11.4 Å². The number of hydrogen-bond acceptors (Lipinski definition) is 4. The van der Waals surface area contributed by atoms with Gasteiger partial charge >= 0.3 is 0 Å². The van der Waals surface area contributed by atoms with Gasteiger partial charge in [0.25, 0.3) is 0 Å². The zero-order valence-corrected chi connectivity index (χ0v) is 12.7. The summed E-state index contributed by atoms with van der Waals surface area (Å²) in [6.45, 7) is 0.206. The van der Waals surface area contributed by atoms with Gasteiger partial charge in [-0.05, 0) is 17.7 Å². The minimum absolute atomic E-state index is 0.00419. The molecule has 8 heteroatoms. The fourth-order valence-corrected chi connectivity index (χ4v) is 3.29. The summed E-state index contributed by atoms with van der Waals surface area (Å²) >= 11 is 5.89. The maximum absolute atomic E-state index is 12.4. The predicted octanol–water partition coefficient (Wildman–Crippen LogP) is 1.48. The molecule has 0 aliphatic heterocycles. The van der Waals surface area contributed by atoms with Crippen LogP contribution in [0.25, 0.3) is 0 Å². The Balaban J connectivity index is 2.28. The first-order valence-electron chi connectivity index (χ1n) is 5.80. The lowest BCUT2D eigenvalue weighted by atomic mass is 10.2. The Kier molecular flexibility index (Phi) is 4.03. The molecule has 0 saturated heterocycles. The van der Waals surface area contributed by atoms with E-state index in [2.05, 4.69) is 5.10 Å². The molecule has 0 amide bonds. The van der Waals surface area contributed by atoms with Gasteiger partial charge in [0.2, 0.25) is 10.0 Å². The molecule has 0 fully saturated rings. The van der Waals surface area contributed by atoms with Crippen molar-refractivity contribution in [1.29, 1.82) is 0 Å². The van der Waals surface area contributed by atoms with Crippen molar-refractivity contribution < 1.29 is 8.42 Å². The number of nitrogen functional groups attached to an aromatic ring is 1. The molecule has 0 aliphatic rings. The number of anilines is 1. The molecule has 2 N–H and O–H groups in total. The lowest BCUT2D eigenvalue weighted by molar-refractivity contribution is 0.467. The minimum Gasteiger partial charge on any atom is -0.381 e. The first-order chi connectivity index (χ1) is 9.30. The maximum atomic E-state index is 12.4. The largest absolute Gasteiger partial charge is 0.381 e. The van der Waals surface area contributed by atoms with Crippen LogP contribution in [0.4, 0.5) is 5.82 Å². The van der Waals surface area contributed by atoms with Crippen molar-refractivity contribution in [3.63, 3.8) is 0 Å². The minimum atomic E-state index is -3.68. The van der Waals surface area contributed by atoms with Gasteiger partial charge in [-0.3, -0.25) is 4.68 Å². The van der Waals surface area contributed by atoms with E-state index in [1.807, 2.05) is 6.07 Å². The Labute approximate surface area is 122 Å². The fraction of sp³-hybridized carbons (Fsp3) is 0.250. The van der Waals surface area contributed by atoms with Gasteiger partial charge in [0.15, 0.2) is 5.82 Å². The van der Waals surface area contributed by atoms with Crippen LogP contribution in [0, 0.1) is 0 Å². The van der Waals surface area contributed by atoms with Crippen molar-refractivity contribution >= 4 is 27.4 Å². The average Bonchev–Trinajstić information content (AvgIpc) is 2.69. The van der Waals surface area contributed by atoms with Crippen LogP contribution in [0.15, 0.2) is 35.4 Å². The van der Waals surface area contributed by atoms with Crippen LogP contribution in [0.5, 0.6) is 0 Å². The monoisotopic (exact) mass is 314 g/mol. The number of halogens is 1. The summed E-state index contributed by atoms with van der Waals surface area (Å²) in [4.78, 5) is 0.00419. The molecule has 0 aliphatic carbocycles. The summed E-state index contributed by atoms with van der Waals surface area (Å²) in [5, 5.41) is 4.41. The van der Waals surface area contributed by atoms with E-state index in [1.165, 1.54) is 22.2 Å². The van der Waals surface area contributed by atoms with Gasteiger partial charge in [0.05, 0.1) is 0 Å². The van der Waals surface area contributed by atoms with E-state index in [-0.39, 0.29) is 17.3 Å². The molecule has 2 aromatic rings. The molecule has 6 nitrogen and oxygen atoms in total. The van der Waals surface area contributed by atoms with Crippen molar-refractivity contribution in [3.8, 4) is 0 Å². The second kappa shape index (κ2) is 5.43. The quantitative estimate of drug-likeness (QED) is 0.926. The second-order valence-corrected chi connectivity index (χ2v) is 6.89. The number of rotatable bonds is 4. The van der Waals surface area contributed by atoms with Crippen LogP contribution in [0.3, 0.4) is 0 Å². The molecule has 0 atom stereocenters. The lowest BCUT2D eigenvalue weighted by Gasteiger charge is -2.16. The van der Waals surface area contributed by atoms with Gasteiger partial charge in [0.1, 0.15) is 4.90 Å². The van der Waals surface area contributed by atoms with Crippen molar-refractivity contribution in [2.24, 2.45) is 7.05 Å². The molecular formula is C12H15ClN4O2S. The van der Waals surface area contributed by atoms with Crippen LogP contribution in [-0.2, 0) is 23.6 Å². The number of nitrogens with zero attached hydrogens (tertiary/aromatic N) is 3. The van der Waals surface area contributed by atoms with E-state index in [1.54, 1.807) is 25.2 Å². The highest BCUT2D eigenvalue weighted by Gasteiger charge is 2.25. The number of benzene rings is 1. The summed E-state index contributed by atoms with van der Waals surface area (Å²) < 4.78 is 27.4. The molecule has 1 aromatic carbocycles. The molecule has 1 heterocycles. The highest BCUT2D eigenvalue weighted by molar-refractivity contribution is 7.89. The van der Waals surface area contributed by atoms with Crippen LogP contribution >= 0.6 is 11.6 Å². The summed E-state index contributed by atoms with van der Waals surface area (Å²) in [7, 11) is -0.572. The Morgan fingerprint density at radius 3 is 2.70 bits per heavy atom. The van der Waals surface area contributed by atoms with E-state index in [4.69, 9.17) is 17.3 Å². The molecule has 1 aromatic heterocycles. The van der Waals surface area contributed by atoms with Gasteiger partial charge in [-0.1, -0.05) is 23.7 Å². The standard InChI is InChI=1S/C12H15ClN4O2S/c1-16-8-11(12(14)15-16)20(18,19)17(2)7-9-4-3-5-10(13)6-9/h3-6,8H,7H2,1-2H3,(H2,14,15). The van der Waals surface area contributed by atoms with E-state index in [0.29, 0.717) is 5.02 Å². The van der Waals surface area contributed by atoms with Gasteiger partial charge in [-0.15, -0.1) is 0 Å². The van der Waals surface area contributed by atoms with Crippen molar-refractivity contribution in [2.75, 3.05) is 12.8 Å². The van der Waals surface area contributed by atoms with E-state index >= 15 is 0 Å². The van der Waals surface area contributed by atoms with Crippen LogP contribution in [-0.4, -0.2) is 29.6 Å².